The van der Waals surface area contributed by atoms with E-state index in [0.717, 1.165) is 0 Å². The van der Waals surface area contributed by atoms with Crippen molar-refractivity contribution in [1.29, 1.82) is 0 Å². The maximum Gasteiger partial charge on any atom is 0.328 e. The molecule has 9 heteroatoms. The molecule has 2 N–H and O–H groups in total. The molecule has 1 aromatic rings. The summed E-state index contributed by atoms with van der Waals surface area (Å²) in [5, 5.41) is 2.70. The third-order valence-electron chi connectivity index (χ3n) is 3.20. The van der Waals surface area contributed by atoms with Crippen molar-refractivity contribution in [2.45, 2.75) is 44.2 Å². The van der Waals surface area contributed by atoms with Crippen molar-refractivity contribution >= 4 is 27.7 Å². The topological polar surface area (TPSA) is 114 Å². The zero-order chi connectivity index (χ0) is 18.8. The second-order valence-corrected chi connectivity index (χ2v) is 8.29. The summed E-state index contributed by atoms with van der Waals surface area (Å²) in [7, 11) is -3.66. The molecule has 1 aliphatic heterocycles. The van der Waals surface area contributed by atoms with Crippen LogP contribution in [-0.4, -0.2) is 44.3 Å². The first kappa shape index (κ1) is 18.9. The molecule has 0 bridgehead atoms. The summed E-state index contributed by atoms with van der Waals surface area (Å²) in [6, 6.07) is 6.33. The molecule has 0 fully saturated rings. The number of rotatable bonds is 4. The third kappa shape index (κ3) is 4.79. The Morgan fingerprint density at radius 1 is 1.28 bits per heavy atom. The number of amidine groups is 1. The molecule has 1 heterocycles. The zero-order valence-electron chi connectivity index (χ0n) is 14.5. The smallest absolute Gasteiger partial charge is 0.328 e. The van der Waals surface area contributed by atoms with Gasteiger partial charge in [-0.15, -0.1) is 0 Å². The number of esters is 1. The quantitative estimate of drug-likeness (QED) is 0.755. The third-order valence-corrected chi connectivity index (χ3v) is 4.60. The molecule has 1 aromatic carbocycles. The molecule has 2 rings (SSSR count). The van der Waals surface area contributed by atoms with Crippen LogP contribution in [0, 0.1) is 0 Å². The fourth-order valence-corrected chi connectivity index (χ4v) is 3.41. The monoisotopic (exact) mass is 367 g/mol. The molecule has 0 aliphatic carbocycles. The molecule has 8 nitrogen and oxygen atoms in total. The lowest BCUT2D eigenvalue weighted by atomic mass is 10.1. The van der Waals surface area contributed by atoms with Gasteiger partial charge in [0.1, 0.15) is 12.4 Å². The number of hydrogen-bond donors (Lipinski definition) is 2. The van der Waals surface area contributed by atoms with E-state index < -0.39 is 40.1 Å². The van der Waals surface area contributed by atoms with E-state index >= 15 is 0 Å². The first-order valence-electron chi connectivity index (χ1n) is 7.68. The van der Waals surface area contributed by atoms with Gasteiger partial charge in [-0.1, -0.05) is 12.1 Å². The largest absolute Gasteiger partial charge is 0.451 e. The first-order chi connectivity index (χ1) is 11.5. The summed E-state index contributed by atoms with van der Waals surface area (Å²) in [6.07, 6.45) is -0.973. The van der Waals surface area contributed by atoms with Crippen LogP contribution < -0.4 is 10.0 Å². The Balaban J connectivity index is 2.01. The SMILES string of the molecule is C[C@H](OC(=O)CN=C1NS(=O)(=O)c2ccccc21)C(=O)NC(C)(C)C. The zero-order valence-corrected chi connectivity index (χ0v) is 15.3. The Labute approximate surface area is 146 Å². The second kappa shape index (κ2) is 6.83. The predicted molar refractivity (Wildman–Crippen MR) is 91.6 cm³/mol. The summed E-state index contributed by atoms with van der Waals surface area (Å²) in [4.78, 5) is 27.8. The summed E-state index contributed by atoms with van der Waals surface area (Å²) in [5.41, 5.74) is -0.0436. The highest BCUT2D eigenvalue weighted by atomic mass is 32.2. The van der Waals surface area contributed by atoms with Crippen molar-refractivity contribution in [2.24, 2.45) is 4.99 Å². The Bertz CT molecular complexity index is 824. The molecule has 25 heavy (non-hydrogen) atoms. The van der Waals surface area contributed by atoms with Crippen LogP contribution in [0.5, 0.6) is 0 Å². The highest BCUT2D eigenvalue weighted by molar-refractivity contribution is 7.90. The van der Waals surface area contributed by atoms with Gasteiger partial charge in [-0.3, -0.25) is 19.3 Å². The number of carbonyl (C=O) groups excluding carboxylic acids is 2. The van der Waals surface area contributed by atoms with E-state index in [1.807, 2.05) is 20.8 Å². The van der Waals surface area contributed by atoms with E-state index in [1.165, 1.54) is 13.0 Å². The average Bonchev–Trinajstić information content (AvgIpc) is 2.75. The molecule has 0 saturated carbocycles. The van der Waals surface area contributed by atoms with Crippen LogP contribution in [0.4, 0.5) is 0 Å². The lowest BCUT2D eigenvalue weighted by Gasteiger charge is -2.23. The van der Waals surface area contributed by atoms with E-state index in [1.54, 1.807) is 18.2 Å². The molecule has 0 aromatic heterocycles. The van der Waals surface area contributed by atoms with E-state index in [0.29, 0.717) is 5.56 Å². The minimum absolute atomic E-state index is 0.0827. The van der Waals surface area contributed by atoms with Gasteiger partial charge < -0.3 is 10.1 Å². The van der Waals surface area contributed by atoms with E-state index in [9.17, 15) is 18.0 Å². The number of sulfonamides is 1. The Morgan fingerprint density at radius 3 is 2.56 bits per heavy atom. The number of fused-ring (bicyclic) bond motifs is 1. The fourth-order valence-electron chi connectivity index (χ4n) is 2.15. The molecule has 0 spiro atoms. The lowest BCUT2D eigenvalue weighted by molar-refractivity contribution is -0.153. The van der Waals surface area contributed by atoms with Crippen LogP contribution in [0.2, 0.25) is 0 Å². The van der Waals surface area contributed by atoms with Crippen molar-refractivity contribution in [1.82, 2.24) is 10.0 Å². The number of carbonyl (C=O) groups is 2. The molecule has 0 radical (unpaired) electrons. The van der Waals surface area contributed by atoms with Gasteiger partial charge in [0.2, 0.25) is 0 Å². The predicted octanol–water partition coefficient (Wildman–Crippen LogP) is 0.571. The first-order valence-corrected chi connectivity index (χ1v) is 9.16. The number of benzene rings is 1. The maximum absolute atomic E-state index is 11.9. The minimum Gasteiger partial charge on any atom is -0.451 e. The van der Waals surface area contributed by atoms with Crippen molar-refractivity contribution in [3.05, 3.63) is 29.8 Å². The van der Waals surface area contributed by atoms with Crippen molar-refractivity contribution < 1.29 is 22.7 Å². The molecule has 1 aliphatic rings. The average molecular weight is 367 g/mol. The van der Waals surface area contributed by atoms with E-state index in [-0.39, 0.29) is 10.7 Å². The van der Waals surface area contributed by atoms with Gasteiger partial charge in [0.15, 0.2) is 6.10 Å². The fraction of sp³-hybridized carbons (Fsp3) is 0.438. The Kier molecular flexibility index (Phi) is 5.17. The minimum atomic E-state index is -3.66. The molecule has 136 valence electrons. The van der Waals surface area contributed by atoms with Gasteiger partial charge in [0.25, 0.3) is 15.9 Å². The van der Waals surface area contributed by atoms with Crippen LogP contribution in [0.25, 0.3) is 0 Å². The highest BCUT2D eigenvalue weighted by Crippen LogP contribution is 2.22. The number of nitrogens with zero attached hydrogens (tertiary/aromatic N) is 1. The Hall–Kier alpha value is -2.42. The maximum atomic E-state index is 11.9. The summed E-state index contributed by atoms with van der Waals surface area (Å²) >= 11 is 0. The Morgan fingerprint density at radius 2 is 1.92 bits per heavy atom. The summed E-state index contributed by atoms with van der Waals surface area (Å²) in [6.45, 7) is 6.50. The van der Waals surface area contributed by atoms with Gasteiger partial charge in [0, 0.05) is 11.1 Å². The van der Waals surface area contributed by atoms with Crippen LogP contribution in [0.3, 0.4) is 0 Å². The number of nitrogens with one attached hydrogen (secondary N) is 2. The van der Waals surface area contributed by atoms with Gasteiger partial charge in [-0.2, -0.15) is 0 Å². The van der Waals surface area contributed by atoms with Gasteiger partial charge in [-0.05, 0) is 39.8 Å². The normalized spacial score (nSPS) is 18.2. The van der Waals surface area contributed by atoms with Crippen LogP contribution >= 0.6 is 0 Å². The van der Waals surface area contributed by atoms with Gasteiger partial charge in [0.05, 0.1) is 4.90 Å². The molecule has 1 atom stereocenters. The number of amides is 1. The van der Waals surface area contributed by atoms with E-state index in [2.05, 4.69) is 15.0 Å². The number of ether oxygens (including phenoxy) is 1. The van der Waals surface area contributed by atoms with Crippen LogP contribution in [0.15, 0.2) is 34.2 Å². The van der Waals surface area contributed by atoms with Crippen molar-refractivity contribution in [3.63, 3.8) is 0 Å². The molecule has 1 amide bonds. The van der Waals surface area contributed by atoms with Crippen molar-refractivity contribution in [2.75, 3.05) is 6.54 Å². The highest BCUT2D eigenvalue weighted by Gasteiger charge is 2.30. The summed E-state index contributed by atoms with van der Waals surface area (Å²) < 4.78 is 31.2. The van der Waals surface area contributed by atoms with Crippen LogP contribution in [-0.2, 0) is 24.3 Å². The number of aliphatic imine (C=N–C) groups is 1. The standard InChI is InChI=1S/C16H21N3O5S/c1-10(15(21)18-16(2,3)4)24-13(20)9-17-14-11-7-5-6-8-12(11)25(22,23)19-14/h5-8,10H,9H2,1-4H3,(H,17,19)(H,18,21)/t10-/m0/s1. The van der Waals surface area contributed by atoms with Crippen LogP contribution in [0.1, 0.15) is 33.3 Å². The van der Waals surface area contributed by atoms with Gasteiger partial charge in [-0.25, -0.2) is 8.42 Å². The molecular formula is C16H21N3O5S. The molecule has 0 saturated heterocycles. The molecule has 0 unspecified atom stereocenters. The lowest BCUT2D eigenvalue weighted by Crippen LogP contribution is -2.46. The second-order valence-electron chi connectivity index (χ2n) is 6.64. The van der Waals surface area contributed by atoms with E-state index in [4.69, 9.17) is 4.74 Å². The van der Waals surface area contributed by atoms with Crippen molar-refractivity contribution in [3.8, 4) is 0 Å². The summed E-state index contributed by atoms with van der Waals surface area (Å²) in [5.74, 6) is -1.06. The van der Waals surface area contributed by atoms with Gasteiger partial charge >= 0.3 is 5.97 Å². The molecular weight excluding hydrogens is 346 g/mol. The number of hydrogen-bond acceptors (Lipinski definition) is 6.